The molecule has 0 aromatic carbocycles. The van der Waals surface area contributed by atoms with Crippen molar-refractivity contribution in [2.45, 2.75) is 26.7 Å². The molecule has 0 radical (unpaired) electrons. The maximum absolute atomic E-state index is 11.8. The molecule has 92 valence electrons. The number of hydrogen-bond donors (Lipinski definition) is 2. The van der Waals surface area contributed by atoms with Crippen molar-refractivity contribution in [3.63, 3.8) is 0 Å². The highest BCUT2D eigenvalue weighted by Crippen LogP contribution is 2.25. The fourth-order valence-electron chi connectivity index (χ4n) is 1.67. The molecule has 1 heterocycles. The van der Waals surface area contributed by atoms with Gasteiger partial charge in [-0.05, 0) is 20.3 Å². The van der Waals surface area contributed by atoms with E-state index < -0.39 is 5.41 Å². The fraction of sp³-hybridized carbons (Fsp3) is 0.818. The SMILES string of the molecule is CCOCCCNC(=O)C1(C)CNC(=O)C1. The molecule has 1 atom stereocenters. The molecule has 5 nitrogen and oxygen atoms in total. The summed E-state index contributed by atoms with van der Waals surface area (Å²) in [4.78, 5) is 22.9. The van der Waals surface area contributed by atoms with E-state index in [9.17, 15) is 9.59 Å². The molecule has 0 bridgehead atoms. The first-order valence-corrected chi connectivity index (χ1v) is 5.71. The van der Waals surface area contributed by atoms with Crippen LogP contribution in [0.2, 0.25) is 0 Å². The minimum atomic E-state index is -0.581. The monoisotopic (exact) mass is 228 g/mol. The Kier molecular flexibility index (Phi) is 4.73. The average molecular weight is 228 g/mol. The molecule has 1 saturated heterocycles. The zero-order valence-electron chi connectivity index (χ0n) is 9.97. The smallest absolute Gasteiger partial charge is 0.228 e. The van der Waals surface area contributed by atoms with E-state index in [0.717, 1.165) is 6.42 Å². The van der Waals surface area contributed by atoms with Crippen LogP contribution in [0.25, 0.3) is 0 Å². The van der Waals surface area contributed by atoms with Gasteiger partial charge in [0.15, 0.2) is 0 Å². The maximum atomic E-state index is 11.8. The van der Waals surface area contributed by atoms with Gasteiger partial charge in [0.1, 0.15) is 0 Å². The lowest BCUT2D eigenvalue weighted by molar-refractivity contribution is -0.131. The third-order valence-corrected chi connectivity index (χ3v) is 2.73. The summed E-state index contributed by atoms with van der Waals surface area (Å²) in [7, 11) is 0. The summed E-state index contributed by atoms with van der Waals surface area (Å²) in [5.41, 5.74) is -0.581. The molecule has 0 saturated carbocycles. The minimum absolute atomic E-state index is 0.0491. The molecule has 0 spiro atoms. The van der Waals surface area contributed by atoms with Crippen LogP contribution in [-0.4, -0.2) is 38.1 Å². The van der Waals surface area contributed by atoms with Gasteiger partial charge in [0.05, 0.1) is 5.41 Å². The summed E-state index contributed by atoms with van der Waals surface area (Å²) in [5, 5.41) is 5.51. The second kappa shape index (κ2) is 5.84. The first-order chi connectivity index (χ1) is 7.58. The van der Waals surface area contributed by atoms with Crippen LogP contribution in [0.15, 0.2) is 0 Å². The molecule has 1 unspecified atom stereocenters. The van der Waals surface area contributed by atoms with Crippen LogP contribution >= 0.6 is 0 Å². The van der Waals surface area contributed by atoms with Crippen LogP contribution in [0, 0.1) is 5.41 Å². The van der Waals surface area contributed by atoms with Crippen LogP contribution in [0.3, 0.4) is 0 Å². The Labute approximate surface area is 95.9 Å². The van der Waals surface area contributed by atoms with E-state index in [0.29, 0.717) is 26.3 Å². The second-order valence-electron chi connectivity index (χ2n) is 4.32. The zero-order valence-corrected chi connectivity index (χ0v) is 9.97. The maximum Gasteiger partial charge on any atom is 0.228 e. The Morgan fingerprint density at radius 2 is 2.38 bits per heavy atom. The van der Waals surface area contributed by atoms with Gasteiger partial charge in [0, 0.05) is 32.7 Å². The van der Waals surface area contributed by atoms with Gasteiger partial charge in [-0.2, -0.15) is 0 Å². The van der Waals surface area contributed by atoms with Gasteiger partial charge in [0.2, 0.25) is 11.8 Å². The molecular weight excluding hydrogens is 208 g/mol. The lowest BCUT2D eigenvalue weighted by Gasteiger charge is -2.20. The van der Waals surface area contributed by atoms with E-state index in [-0.39, 0.29) is 18.2 Å². The van der Waals surface area contributed by atoms with Crippen LogP contribution in [0.1, 0.15) is 26.7 Å². The Hall–Kier alpha value is -1.10. The highest BCUT2D eigenvalue weighted by atomic mass is 16.5. The van der Waals surface area contributed by atoms with Gasteiger partial charge in [0.25, 0.3) is 0 Å². The van der Waals surface area contributed by atoms with E-state index in [2.05, 4.69) is 10.6 Å². The van der Waals surface area contributed by atoms with Gasteiger partial charge in [-0.15, -0.1) is 0 Å². The summed E-state index contributed by atoms with van der Waals surface area (Å²) < 4.78 is 5.17. The second-order valence-corrected chi connectivity index (χ2v) is 4.32. The van der Waals surface area contributed by atoms with E-state index in [1.54, 1.807) is 0 Å². The number of amides is 2. The minimum Gasteiger partial charge on any atom is -0.382 e. The topological polar surface area (TPSA) is 67.4 Å². The molecular formula is C11H20N2O3. The Bertz CT molecular complexity index is 268. The molecule has 1 aliphatic rings. The number of ether oxygens (including phenoxy) is 1. The van der Waals surface area contributed by atoms with Crippen molar-refractivity contribution in [2.75, 3.05) is 26.3 Å². The molecule has 16 heavy (non-hydrogen) atoms. The van der Waals surface area contributed by atoms with Gasteiger partial charge in [-0.1, -0.05) is 0 Å². The normalized spacial score (nSPS) is 24.2. The van der Waals surface area contributed by atoms with Crippen molar-refractivity contribution >= 4 is 11.8 Å². The first kappa shape index (κ1) is 13.0. The lowest BCUT2D eigenvalue weighted by Crippen LogP contribution is -2.40. The number of nitrogens with one attached hydrogen (secondary N) is 2. The molecule has 1 rings (SSSR count). The molecule has 1 fully saturated rings. The number of carbonyl (C=O) groups excluding carboxylic acids is 2. The summed E-state index contributed by atoms with van der Waals surface area (Å²) in [6.45, 7) is 6.14. The van der Waals surface area contributed by atoms with Gasteiger partial charge in [-0.25, -0.2) is 0 Å². The number of rotatable bonds is 6. The van der Waals surface area contributed by atoms with Crippen LogP contribution < -0.4 is 10.6 Å². The van der Waals surface area contributed by atoms with Crippen LogP contribution in [0.5, 0.6) is 0 Å². The first-order valence-electron chi connectivity index (χ1n) is 5.71. The van der Waals surface area contributed by atoms with Crippen molar-refractivity contribution in [1.82, 2.24) is 10.6 Å². The van der Waals surface area contributed by atoms with Crippen molar-refractivity contribution < 1.29 is 14.3 Å². The van der Waals surface area contributed by atoms with Gasteiger partial charge in [-0.3, -0.25) is 9.59 Å². The van der Waals surface area contributed by atoms with Gasteiger partial charge >= 0.3 is 0 Å². The van der Waals surface area contributed by atoms with Crippen molar-refractivity contribution in [2.24, 2.45) is 5.41 Å². The summed E-state index contributed by atoms with van der Waals surface area (Å²) in [5.74, 6) is -0.102. The largest absolute Gasteiger partial charge is 0.382 e. The standard InChI is InChI=1S/C11H20N2O3/c1-3-16-6-4-5-12-10(15)11(2)7-9(14)13-8-11/h3-8H2,1-2H3,(H,12,15)(H,13,14). The molecule has 0 aromatic heterocycles. The molecule has 2 amide bonds. The predicted octanol–water partition coefficient (Wildman–Crippen LogP) is 0.0554. The highest BCUT2D eigenvalue weighted by Gasteiger charge is 2.40. The molecule has 2 N–H and O–H groups in total. The van der Waals surface area contributed by atoms with E-state index in [1.807, 2.05) is 13.8 Å². The summed E-state index contributed by atoms with van der Waals surface area (Å²) in [6.07, 6.45) is 1.08. The third kappa shape index (κ3) is 3.48. The van der Waals surface area contributed by atoms with E-state index >= 15 is 0 Å². The quantitative estimate of drug-likeness (QED) is 0.631. The molecule has 1 aliphatic heterocycles. The molecule has 0 aromatic rings. The predicted molar refractivity (Wildman–Crippen MR) is 59.9 cm³/mol. The Morgan fingerprint density at radius 3 is 2.94 bits per heavy atom. The van der Waals surface area contributed by atoms with E-state index in [4.69, 9.17) is 4.74 Å². The fourth-order valence-corrected chi connectivity index (χ4v) is 1.67. The summed E-state index contributed by atoms with van der Waals surface area (Å²) in [6, 6.07) is 0. The number of carbonyl (C=O) groups is 2. The highest BCUT2D eigenvalue weighted by molar-refractivity contribution is 5.92. The van der Waals surface area contributed by atoms with Crippen molar-refractivity contribution in [3.8, 4) is 0 Å². The van der Waals surface area contributed by atoms with Gasteiger partial charge < -0.3 is 15.4 Å². The van der Waals surface area contributed by atoms with Crippen molar-refractivity contribution in [1.29, 1.82) is 0 Å². The zero-order chi connectivity index (χ0) is 12.0. The Morgan fingerprint density at radius 1 is 1.62 bits per heavy atom. The van der Waals surface area contributed by atoms with Crippen molar-refractivity contribution in [3.05, 3.63) is 0 Å². The number of hydrogen-bond acceptors (Lipinski definition) is 3. The van der Waals surface area contributed by atoms with Crippen LogP contribution in [-0.2, 0) is 14.3 Å². The van der Waals surface area contributed by atoms with Crippen LogP contribution in [0.4, 0.5) is 0 Å². The Balaban J connectivity index is 2.22. The third-order valence-electron chi connectivity index (χ3n) is 2.73. The average Bonchev–Trinajstić information content (AvgIpc) is 2.59. The lowest BCUT2D eigenvalue weighted by atomic mass is 9.88. The summed E-state index contributed by atoms with van der Waals surface area (Å²) >= 11 is 0. The molecule has 5 heteroatoms. The van der Waals surface area contributed by atoms with E-state index in [1.165, 1.54) is 0 Å². The molecule has 0 aliphatic carbocycles.